The van der Waals surface area contributed by atoms with Crippen LogP contribution in [0.5, 0.6) is 0 Å². The first-order valence-electron chi connectivity index (χ1n) is 6.79. The number of hydrogen-bond donors (Lipinski definition) is 2. The standard InChI is InChI=1S/C15H11N5O2S2/c21-12(13(22)18-16-9-11-7-4-8-23-11)17-15-20-19-14(24-15)10-5-2-1-3-6-10/h1-9H,(H,18,22)(H,17,20,21). The summed E-state index contributed by atoms with van der Waals surface area (Å²) in [5.41, 5.74) is 3.05. The lowest BCUT2D eigenvalue weighted by molar-refractivity contribution is -0.136. The molecule has 3 rings (SSSR count). The van der Waals surface area contributed by atoms with E-state index in [0.717, 1.165) is 10.4 Å². The van der Waals surface area contributed by atoms with Crippen molar-refractivity contribution in [1.29, 1.82) is 0 Å². The van der Waals surface area contributed by atoms with Crippen molar-refractivity contribution in [3.8, 4) is 10.6 Å². The number of rotatable bonds is 4. The first kappa shape index (κ1) is 16.0. The lowest BCUT2D eigenvalue weighted by atomic mass is 10.2. The predicted octanol–water partition coefficient (Wildman–Crippen LogP) is 2.36. The molecule has 0 saturated heterocycles. The molecule has 2 N–H and O–H groups in total. The summed E-state index contributed by atoms with van der Waals surface area (Å²) in [6.07, 6.45) is 1.47. The van der Waals surface area contributed by atoms with Crippen LogP contribution in [0.3, 0.4) is 0 Å². The van der Waals surface area contributed by atoms with E-state index < -0.39 is 11.8 Å². The van der Waals surface area contributed by atoms with Gasteiger partial charge in [-0.1, -0.05) is 47.7 Å². The fraction of sp³-hybridized carbons (Fsp3) is 0. The minimum atomic E-state index is -0.876. The minimum absolute atomic E-state index is 0.247. The van der Waals surface area contributed by atoms with E-state index in [-0.39, 0.29) is 5.13 Å². The number of aromatic nitrogens is 2. The van der Waals surface area contributed by atoms with Crippen molar-refractivity contribution in [2.45, 2.75) is 0 Å². The van der Waals surface area contributed by atoms with Crippen LogP contribution in [0.2, 0.25) is 0 Å². The fourth-order valence-electron chi connectivity index (χ4n) is 1.70. The summed E-state index contributed by atoms with van der Waals surface area (Å²) < 4.78 is 0. The van der Waals surface area contributed by atoms with E-state index in [2.05, 4.69) is 26.0 Å². The van der Waals surface area contributed by atoms with Crippen LogP contribution in [-0.2, 0) is 9.59 Å². The summed E-state index contributed by atoms with van der Waals surface area (Å²) in [5.74, 6) is -1.73. The highest BCUT2D eigenvalue weighted by Gasteiger charge is 2.16. The quantitative estimate of drug-likeness (QED) is 0.425. The lowest BCUT2D eigenvalue weighted by Crippen LogP contribution is -2.32. The van der Waals surface area contributed by atoms with Crippen molar-refractivity contribution < 1.29 is 9.59 Å². The molecule has 2 aromatic heterocycles. The molecular weight excluding hydrogens is 346 g/mol. The molecule has 0 aliphatic heterocycles. The molecule has 7 nitrogen and oxygen atoms in total. The van der Waals surface area contributed by atoms with Gasteiger partial charge in [-0.15, -0.1) is 21.5 Å². The molecule has 0 bridgehead atoms. The Labute approximate surface area is 145 Å². The second kappa shape index (κ2) is 7.57. The van der Waals surface area contributed by atoms with Gasteiger partial charge in [0.2, 0.25) is 5.13 Å². The Hall–Kier alpha value is -2.91. The monoisotopic (exact) mass is 357 g/mol. The Morgan fingerprint density at radius 2 is 1.88 bits per heavy atom. The van der Waals surface area contributed by atoms with Crippen molar-refractivity contribution in [2.75, 3.05) is 5.32 Å². The molecule has 1 aromatic carbocycles. The van der Waals surface area contributed by atoms with Gasteiger partial charge < -0.3 is 0 Å². The topological polar surface area (TPSA) is 96.3 Å². The second-order valence-corrected chi connectivity index (χ2v) is 6.40. The number of thiophene rings is 1. The van der Waals surface area contributed by atoms with Gasteiger partial charge in [0.1, 0.15) is 5.01 Å². The summed E-state index contributed by atoms with van der Waals surface area (Å²) in [7, 11) is 0. The fourth-order valence-corrected chi connectivity index (χ4v) is 3.02. The van der Waals surface area contributed by atoms with Gasteiger partial charge in [0.15, 0.2) is 0 Å². The molecule has 0 atom stereocenters. The van der Waals surface area contributed by atoms with E-state index in [1.807, 2.05) is 47.8 Å². The van der Waals surface area contributed by atoms with Crippen molar-refractivity contribution >= 4 is 45.8 Å². The molecule has 2 amide bonds. The summed E-state index contributed by atoms with van der Waals surface area (Å²) in [6, 6.07) is 13.1. The van der Waals surface area contributed by atoms with Gasteiger partial charge in [0.25, 0.3) is 0 Å². The van der Waals surface area contributed by atoms with Crippen LogP contribution in [0.25, 0.3) is 10.6 Å². The normalized spacial score (nSPS) is 10.7. The molecule has 0 unspecified atom stereocenters. The molecule has 2 heterocycles. The maximum Gasteiger partial charge on any atom is 0.329 e. The van der Waals surface area contributed by atoms with Crippen LogP contribution in [-0.4, -0.2) is 28.2 Å². The van der Waals surface area contributed by atoms with Crippen molar-refractivity contribution in [3.05, 3.63) is 52.7 Å². The second-order valence-electron chi connectivity index (χ2n) is 4.45. The average molecular weight is 357 g/mol. The summed E-state index contributed by atoms with van der Waals surface area (Å²) in [4.78, 5) is 24.3. The van der Waals surface area contributed by atoms with Crippen molar-refractivity contribution in [3.63, 3.8) is 0 Å². The molecule has 0 fully saturated rings. The third-order valence-corrected chi connectivity index (χ3v) is 4.47. The Bertz CT molecular complexity index is 859. The van der Waals surface area contributed by atoms with Crippen LogP contribution < -0.4 is 10.7 Å². The molecule has 24 heavy (non-hydrogen) atoms. The van der Waals surface area contributed by atoms with E-state index in [9.17, 15) is 9.59 Å². The molecule has 120 valence electrons. The van der Waals surface area contributed by atoms with Gasteiger partial charge in [-0.2, -0.15) is 5.10 Å². The van der Waals surface area contributed by atoms with Gasteiger partial charge >= 0.3 is 11.8 Å². The summed E-state index contributed by atoms with van der Waals surface area (Å²) >= 11 is 2.65. The van der Waals surface area contributed by atoms with Gasteiger partial charge in [-0.3, -0.25) is 14.9 Å². The van der Waals surface area contributed by atoms with Gasteiger partial charge in [-0.05, 0) is 11.4 Å². The number of carbonyl (C=O) groups excluding carboxylic acids is 2. The summed E-state index contributed by atoms with van der Waals surface area (Å²) in [5, 5.41) is 16.7. The number of hydrazone groups is 1. The Morgan fingerprint density at radius 1 is 1.04 bits per heavy atom. The number of anilines is 1. The highest BCUT2D eigenvalue weighted by molar-refractivity contribution is 7.18. The molecule has 0 radical (unpaired) electrons. The molecule has 0 aliphatic carbocycles. The predicted molar refractivity (Wildman–Crippen MR) is 94.0 cm³/mol. The zero-order valence-electron chi connectivity index (χ0n) is 12.2. The number of nitrogens with zero attached hydrogens (tertiary/aromatic N) is 3. The highest BCUT2D eigenvalue weighted by atomic mass is 32.1. The van der Waals surface area contributed by atoms with Crippen LogP contribution in [0.15, 0.2) is 52.9 Å². The lowest BCUT2D eigenvalue weighted by Gasteiger charge is -1.98. The third-order valence-electron chi connectivity index (χ3n) is 2.77. The smallest absolute Gasteiger partial charge is 0.292 e. The maximum absolute atomic E-state index is 11.8. The Balaban J connectivity index is 1.56. The maximum atomic E-state index is 11.8. The van der Waals surface area contributed by atoms with E-state index >= 15 is 0 Å². The Kier molecular flexibility index (Phi) is 5.04. The molecule has 0 spiro atoms. The zero-order chi connectivity index (χ0) is 16.8. The summed E-state index contributed by atoms with van der Waals surface area (Å²) in [6.45, 7) is 0. The number of hydrogen-bond acceptors (Lipinski definition) is 7. The SMILES string of the molecule is O=C(NN=Cc1cccs1)C(=O)Nc1nnc(-c2ccccc2)s1. The van der Waals surface area contributed by atoms with E-state index in [4.69, 9.17) is 0 Å². The first-order chi connectivity index (χ1) is 11.7. The van der Waals surface area contributed by atoms with Crippen LogP contribution in [0.1, 0.15) is 4.88 Å². The van der Waals surface area contributed by atoms with Gasteiger partial charge in [-0.25, -0.2) is 5.43 Å². The van der Waals surface area contributed by atoms with E-state index in [1.165, 1.54) is 28.9 Å². The van der Waals surface area contributed by atoms with Crippen LogP contribution >= 0.6 is 22.7 Å². The highest BCUT2D eigenvalue weighted by Crippen LogP contribution is 2.25. The van der Waals surface area contributed by atoms with E-state index in [1.54, 1.807) is 0 Å². The van der Waals surface area contributed by atoms with Crippen LogP contribution in [0, 0.1) is 0 Å². The minimum Gasteiger partial charge on any atom is -0.292 e. The molecular formula is C15H11N5O2S2. The van der Waals surface area contributed by atoms with Crippen molar-refractivity contribution in [1.82, 2.24) is 15.6 Å². The number of amides is 2. The zero-order valence-corrected chi connectivity index (χ0v) is 13.8. The molecule has 0 saturated carbocycles. The first-order valence-corrected chi connectivity index (χ1v) is 8.49. The number of carbonyl (C=O) groups is 2. The number of benzene rings is 1. The molecule has 9 heteroatoms. The van der Waals surface area contributed by atoms with Gasteiger partial charge in [0.05, 0.1) is 6.21 Å². The molecule has 3 aromatic rings. The largest absolute Gasteiger partial charge is 0.329 e. The average Bonchev–Trinajstić information content (AvgIpc) is 3.27. The molecule has 0 aliphatic rings. The third kappa shape index (κ3) is 4.09. The van der Waals surface area contributed by atoms with Crippen molar-refractivity contribution in [2.24, 2.45) is 5.10 Å². The number of nitrogens with one attached hydrogen (secondary N) is 2. The van der Waals surface area contributed by atoms with E-state index in [0.29, 0.717) is 5.01 Å². The van der Waals surface area contributed by atoms with Crippen LogP contribution in [0.4, 0.5) is 5.13 Å². The Morgan fingerprint density at radius 3 is 2.62 bits per heavy atom. The van der Waals surface area contributed by atoms with Gasteiger partial charge in [0, 0.05) is 10.4 Å².